The fourth-order valence-electron chi connectivity index (χ4n) is 0.922. The molecule has 0 aromatic rings. The fraction of sp³-hybridized carbons (Fsp3) is 0.889. The first-order chi connectivity index (χ1) is 6.87. The topological polar surface area (TPSA) is 101 Å². The average molecular weight is 214 g/mol. The number of hydrogen-bond donors (Lipinski definition) is 1. The van der Waals surface area contributed by atoms with E-state index in [4.69, 9.17) is 16.0 Å². The van der Waals surface area contributed by atoms with Gasteiger partial charge in [-0.2, -0.15) is 0 Å². The smallest absolute Gasteiger partial charge is 0.323 e. The summed E-state index contributed by atoms with van der Waals surface area (Å²) in [5.74, 6) is -0.413. The van der Waals surface area contributed by atoms with Crippen LogP contribution in [0.5, 0.6) is 0 Å². The molecule has 6 heteroatoms. The van der Waals surface area contributed by atoms with E-state index in [1.54, 1.807) is 20.8 Å². The van der Waals surface area contributed by atoms with Gasteiger partial charge in [0, 0.05) is 11.5 Å². The lowest BCUT2D eigenvalue weighted by atomic mass is 10.1. The molecule has 0 aromatic carbocycles. The standard InChI is InChI=1S/C9H18N4O2/c1-9(2,3)15-8(14)7(10)5-4-6-12-13-11/h7H,4-6,10H2,1-3H3/t7-/m0/s1. The lowest BCUT2D eigenvalue weighted by molar-refractivity contribution is -0.156. The number of esters is 1. The number of hydrogen-bond acceptors (Lipinski definition) is 4. The Morgan fingerprint density at radius 1 is 1.60 bits per heavy atom. The molecule has 0 heterocycles. The van der Waals surface area contributed by atoms with Crippen molar-refractivity contribution in [2.45, 2.75) is 45.3 Å². The Bertz CT molecular complexity index is 253. The van der Waals surface area contributed by atoms with E-state index in [9.17, 15) is 4.79 Å². The highest BCUT2D eigenvalue weighted by Crippen LogP contribution is 2.09. The molecule has 86 valence electrons. The van der Waals surface area contributed by atoms with Gasteiger partial charge in [-0.25, -0.2) is 0 Å². The lowest BCUT2D eigenvalue weighted by Crippen LogP contribution is -2.37. The van der Waals surface area contributed by atoms with Crippen molar-refractivity contribution >= 4 is 5.97 Å². The van der Waals surface area contributed by atoms with E-state index in [2.05, 4.69) is 10.0 Å². The van der Waals surface area contributed by atoms with Crippen molar-refractivity contribution in [3.8, 4) is 0 Å². The number of rotatable bonds is 5. The zero-order chi connectivity index (χ0) is 11.9. The molecule has 0 aromatic heterocycles. The predicted octanol–water partition coefficient (Wildman–Crippen LogP) is 1.75. The summed E-state index contributed by atoms with van der Waals surface area (Å²) in [6, 6.07) is -0.641. The van der Waals surface area contributed by atoms with Crippen molar-refractivity contribution in [2.24, 2.45) is 10.8 Å². The number of nitrogens with two attached hydrogens (primary N) is 1. The molecule has 0 aliphatic heterocycles. The molecule has 0 unspecified atom stereocenters. The van der Waals surface area contributed by atoms with Gasteiger partial charge < -0.3 is 10.5 Å². The third kappa shape index (κ3) is 7.78. The summed E-state index contributed by atoms with van der Waals surface area (Å²) < 4.78 is 5.09. The lowest BCUT2D eigenvalue weighted by Gasteiger charge is -2.21. The minimum absolute atomic E-state index is 0.354. The van der Waals surface area contributed by atoms with Crippen LogP contribution in [0.3, 0.4) is 0 Å². The summed E-state index contributed by atoms with van der Waals surface area (Å²) in [4.78, 5) is 14.0. The highest BCUT2D eigenvalue weighted by atomic mass is 16.6. The van der Waals surface area contributed by atoms with Gasteiger partial charge in [0.05, 0.1) is 0 Å². The number of carbonyl (C=O) groups excluding carboxylic acids is 1. The minimum atomic E-state index is -0.641. The molecular formula is C9H18N4O2. The van der Waals surface area contributed by atoms with Crippen molar-refractivity contribution in [1.82, 2.24) is 0 Å². The molecule has 0 saturated heterocycles. The van der Waals surface area contributed by atoms with Gasteiger partial charge in [-0.1, -0.05) is 5.11 Å². The monoisotopic (exact) mass is 214 g/mol. The molecule has 0 amide bonds. The second-order valence-electron chi connectivity index (χ2n) is 4.24. The first-order valence-corrected chi connectivity index (χ1v) is 4.86. The van der Waals surface area contributed by atoms with Crippen molar-refractivity contribution in [1.29, 1.82) is 0 Å². The van der Waals surface area contributed by atoms with Crippen LogP contribution in [0.4, 0.5) is 0 Å². The Morgan fingerprint density at radius 3 is 2.67 bits per heavy atom. The van der Waals surface area contributed by atoms with E-state index < -0.39 is 17.6 Å². The maximum atomic E-state index is 11.4. The van der Waals surface area contributed by atoms with E-state index in [1.807, 2.05) is 0 Å². The van der Waals surface area contributed by atoms with Gasteiger partial charge in [0.15, 0.2) is 0 Å². The predicted molar refractivity (Wildman–Crippen MR) is 57.1 cm³/mol. The Morgan fingerprint density at radius 2 is 2.20 bits per heavy atom. The van der Waals surface area contributed by atoms with E-state index >= 15 is 0 Å². The maximum absolute atomic E-state index is 11.4. The summed E-state index contributed by atoms with van der Waals surface area (Å²) in [6.07, 6.45) is 1.05. The van der Waals surface area contributed by atoms with Crippen LogP contribution >= 0.6 is 0 Å². The first-order valence-electron chi connectivity index (χ1n) is 4.86. The van der Waals surface area contributed by atoms with Crippen LogP contribution in [-0.4, -0.2) is 24.2 Å². The number of carbonyl (C=O) groups is 1. The average Bonchev–Trinajstić information content (AvgIpc) is 2.09. The Hall–Kier alpha value is -1.26. The molecule has 0 spiro atoms. The molecule has 0 fully saturated rings. The van der Waals surface area contributed by atoms with Crippen LogP contribution in [0.25, 0.3) is 10.4 Å². The summed E-state index contributed by atoms with van der Waals surface area (Å²) in [6.45, 7) is 5.72. The molecular weight excluding hydrogens is 196 g/mol. The molecule has 15 heavy (non-hydrogen) atoms. The van der Waals surface area contributed by atoms with E-state index in [0.717, 1.165) is 0 Å². The first kappa shape index (κ1) is 13.7. The summed E-state index contributed by atoms with van der Waals surface area (Å²) >= 11 is 0. The van der Waals surface area contributed by atoms with Crippen molar-refractivity contribution in [2.75, 3.05) is 6.54 Å². The van der Waals surface area contributed by atoms with Gasteiger partial charge in [-0.05, 0) is 39.1 Å². The van der Waals surface area contributed by atoms with E-state index in [-0.39, 0.29) is 0 Å². The van der Waals surface area contributed by atoms with Crippen LogP contribution in [0, 0.1) is 0 Å². The third-order valence-corrected chi connectivity index (χ3v) is 1.55. The van der Waals surface area contributed by atoms with Gasteiger partial charge in [-0.15, -0.1) is 0 Å². The SMILES string of the molecule is CC(C)(C)OC(=O)[C@@H](N)CCCN=[N+]=[N-]. The largest absolute Gasteiger partial charge is 0.459 e. The molecule has 6 nitrogen and oxygen atoms in total. The molecule has 0 aliphatic carbocycles. The second kappa shape index (κ2) is 6.27. The van der Waals surface area contributed by atoms with E-state index in [0.29, 0.717) is 19.4 Å². The van der Waals surface area contributed by atoms with Gasteiger partial charge in [-0.3, -0.25) is 4.79 Å². The normalized spacial score (nSPS) is 12.8. The molecule has 0 aliphatic rings. The molecule has 2 N–H and O–H groups in total. The van der Waals surface area contributed by atoms with E-state index in [1.165, 1.54) is 0 Å². The van der Waals surface area contributed by atoms with Crippen molar-refractivity contribution in [3.05, 3.63) is 10.4 Å². The summed E-state index contributed by atoms with van der Waals surface area (Å²) in [5, 5.41) is 3.35. The fourth-order valence-corrected chi connectivity index (χ4v) is 0.922. The number of azide groups is 1. The third-order valence-electron chi connectivity index (χ3n) is 1.55. The molecule has 0 rings (SSSR count). The van der Waals surface area contributed by atoms with Gasteiger partial charge >= 0.3 is 5.97 Å². The quantitative estimate of drug-likeness (QED) is 0.248. The van der Waals surface area contributed by atoms with Crippen LogP contribution in [0.2, 0.25) is 0 Å². The van der Waals surface area contributed by atoms with Crippen LogP contribution in [-0.2, 0) is 9.53 Å². The highest BCUT2D eigenvalue weighted by molar-refractivity contribution is 5.75. The molecule has 0 saturated carbocycles. The van der Waals surface area contributed by atoms with Crippen LogP contribution in [0.15, 0.2) is 5.11 Å². The zero-order valence-corrected chi connectivity index (χ0v) is 9.43. The van der Waals surface area contributed by atoms with Gasteiger partial charge in [0.25, 0.3) is 0 Å². The zero-order valence-electron chi connectivity index (χ0n) is 9.43. The minimum Gasteiger partial charge on any atom is -0.459 e. The Kier molecular flexibility index (Phi) is 5.74. The number of nitrogens with zero attached hydrogens (tertiary/aromatic N) is 3. The summed E-state index contributed by atoms with van der Waals surface area (Å²) in [7, 11) is 0. The van der Waals surface area contributed by atoms with Gasteiger partial charge in [0.1, 0.15) is 11.6 Å². The van der Waals surface area contributed by atoms with Gasteiger partial charge in [0.2, 0.25) is 0 Å². The Labute approximate surface area is 89.4 Å². The van der Waals surface area contributed by atoms with Crippen LogP contribution in [0.1, 0.15) is 33.6 Å². The number of ether oxygens (including phenoxy) is 1. The second-order valence-corrected chi connectivity index (χ2v) is 4.24. The Balaban J connectivity index is 3.84. The highest BCUT2D eigenvalue weighted by Gasteiger charge is 2.21. The van der Waals surface area contributed by atoms with Crippen LogP contribution < -0.4 is 5.73 Å². The van der Waals surface area contributed by atoms with Crippen molar-refractivity contribution < 1.29 is 9.53 Å². The maximum Gasteiger partial charge on any atom is 0.323 e. The molecule has 1 atom stereocenters. The van der Waals surface area contributed by atoms with Crippen molar-refractivity contribution in [3.63, 3.8) is 0 Å². The molecule has 0 radical (unpaired) electrons. The summed E-state index contributed by atoms with van der Waals surface area (Å²) in [5.41, 5.74) is 13.1. The molecule has 0 bridgehead atoms.